The summed E-state index contributed by atoms with van der Waals surface area (Å²) in [7, 11) is -4.90. The standard InChI is InChI=1S/C22H23F3N6O6S/c23-22(24,25)15-3-1-2-4-18(15)38(35,36)31-17(20(33)34)11-28-19(32)10-14-9-16(30-37-14)12-5-7-13(8-6-12)29-21(26)27/h1-8,14,17,31H,9-11H2,(H,28,32)(H,33,34)(H4,26,27,29)/t14-,17+/m1/s1. The number of halogens is 3. The summed E-state index contributed by atoms with van der Waals surface area (Å²) in [6, 6.07) is 8.09. The highest BCUT2D eigenvalue weighted by Gasteiger charge is 2.38. The number of carboxylic acids is 1. The Balaban J connectivity index is 1.57. The van der Waals surface area contributed by atoms with Crippen LogP contribution < -0.4 is 21.5 Å². The summed E-state index contributed by atoms with van der Waals surface area (Å²) in [6.07, 6.45) is -5.66. The fraction of sp³-hybridized carbons (Fsp3) is 0.273. The van der Waals surface area contributed by atoms with Crippen LogP contribution in [0.25, 0.3) is 0 Å². The molecule has 0 radical (unpaired) electrons. The smallest absolute Gasteiger partial charge is 0.417 e. The van der Waals surface area contributed by atoms with Crippen molar-refractivity contribution in [1.29, 1.82) is 0 Å². The van der Waals surface area contributed by atoms with Gasteiger partial charge in [-0.15, -0.1) is 0 Å². The molecular weight excluding hydrogens is 533 g/mol. The van der Waals surface area contributed by atoms with Crippen LogP contribution in [-0.2, 0) is 30.6 Å². The number of aliphatic carboxylic acids is 1. The Morgan fingerprint density at radius 3 is 2.42 bits per heavy atom. The zero-order valence-electron chi connectivity index (χ0n) is 19.5. The van der Waals surface area contributed by atoms with Gasteiger partial charge in [-0.2, -0.15) is 17.9 Å². The summed E-state index contributed by atoms with van der Waals surface area (Å²) in [6.45, 7) is -0.728. The number of nitrogens with zero attached hydrogens (tertiary/aromatic N) is 2. The van der Waals surface area contributed by atoms with E-state index in [1.54, 1.807) is 29.0 Å². The number of carbonyl (C=O) groups excluding carboxylic acids is 1. The van der Waals surface area contributed by atoms with E-state index in [0.717, 1.165) is 12.1 Å². The van der Waals surface area contributed by atoms with Crippen molar-refractivity contribution in [2.45, 2.75) is 36.1 Å². The summed E-state index contributed by atoms with van der Waals surface area (Å²) in [5, 5.41) is 15.6. The number of hydrogen-bond acceptors (Lipinski definition) is 7. The molecule has 7 N–H and O–H groups in total. The van der Waals surface area contributed by atoms with Crippen molar-refractivity contribution in [1.82, 2.24) is 10.0 Å². The summed E-state index contributed by atoms with van der Waals surface area (Å²) in [4.78, 5) is 31.9. The first-order valence-corrected chi connectivity index (χ1v) is 12.4. The fourth-order valence-corrected chi connectivity index (χ4v) is 4.86. The molecule has 0 bridgehead atoms. The van der Waals surface area contributed by atoms with Gasteiger partial charge in [0, 0.05) is 13.0 Å². The van der Waals surface area contributed by atoms with Crippen molar-refractivity contribution >= 4 is 39.3 Å². The van der Waals surface area contributed by atoms with Crippen LogP contribution in [-0.4, -0.2) is 55.8 Å². The van der Waals surface area contributed by atoms with Gasteiger partial charge >= 0.3 is 12.1 Å². The predicted octanol–water partition coefficient (Wildman–Crippen LogP) is 1.04. The molecule has 0 fully saturated rings. The summed E-state index contributed by atoms with van der Waals surface area (Å²) in [5.74, 6) is -2.49. The van der Waals surface area contributed by atoms with Gasteiger partial charge < -0.3 is 26.7 Å². The minimum atomic E-state index is -4.99. The summed E-state index contributed by atoms with van der Waals surface area (Å²) in [5.41, 5.74) is 11.0. The lowest BCUT2D eigenvalue weighted by Gasteiger charge is -2.18. The zero-order valence-corrected chi connectivity index (χ0v) is 20.3. The third kappa shape index (κ3) is 7.42. The van der Waals surface area contributed by atoms with Gasteiger partial charge in [0.15, 0.2) is 5.96 Å². The Kier molecular flexibility index (Phi) is 8.57. The van der Waals surface area contributed by atoms with Crippen molar-refractivity contribution in [3.05, 3.63) is 59.7 Å². The topological polar surface area (TPSA) is 199 Å². The number of guanidine groups is 1. The second-order valence-electron chi connectivity index (χ2n) is 8.07. The van der Waals surface area contributed by atoms with Crippen molar-refractivity contribution in [3.8, 4) is 0 Å². The number of benzene rings is 2. The Morgan fingerprint density at radius 1 is 1.16 bits per heavy atom. The molecule has 0 unspecified atom stereocenters. The average molecular weight is 557 g/mol. The molecule has 204 valence electrons. The number of oxime groups is 1. The zero-order chi connectivity index (χ0) is 28.1. The lowest BCUT2D eigenvalue weighted by molar-refractivity contribution is -0.140. The van der Waals surface area contributed by atoms with Crippen LogP contribution in [0.5, 0.6) is 0 Å². The van der Waals surface area contributed by atoms with Gasteiger partial charge in [0.25, 0.3) is 0 Å². The van der Waals surface area contributed by atoms with E-state index in [-0.39, 0.29) is 18.8 Å². The van der Waals surface area contributed by atoms with Gasteiger partial charge in [0.2, 0.25) is 15.9 Å². The Hall–Kier alpha value is -4.18. The third-order valence-electron chi connectivity index (χ3n) is 5.19. The second-order valence-corrected chi connectivity index (χ2v) is 9.75. The van der Waals surface area contributed by atoms with E-state index in [0.29, 0.717) is 29.1 Å². The third-order valence-corrected chi connectivity index (χ3v) is 6.72. The summed E-state index contributed by atoms with van der Waals surface area (Å²) < 4.78 is 66.4. The molecule has 38 heavy (non-hydrogen) atoms. The molecule has 3 rings (SSSR count). The van der Waals surface area contributed by atoms with E-state index < -0.39 is 57.2 Å². The van der Waals surface area contributed by atoms with Crippen LogP contribution in [0.4, 0.5) is 18.9 Å². The SMILES string of the molecule is NC(N)=Nc1ccc(C2=NO[C@@H](CC(=O)NC[C@H](NS(=O)(=O)c3ccccc3C(F)(F)F)C(=O)O)C2)cc1. The molecule has 0 saturated heterocycles. The molecule has 1 heterocycles. The molecule has 2 aromatic carbocycles. The number of alkyl halides is 3. The monoisotopic (exact) mass is 556 g/mol. The van der Waals surface area contributed by atoms with E-state index in [2.05, 4.69) is 15.5 Å². The van der Waals surface area contributed by atoms with Crippen LogP contribution in [0.1, 0.15) is 24.0 Å². The highest BCUT2D eigenvalue weighted by molar-refractivity contribution is 7.89. The van der Waals surface area contributed by atoms with Crippen LogP contribution in [0.2, 0.25) is 0 Å². The number of carbonyl (C=O) groups is 2. The minimum absolute atomic E-state index is 0.102. The summed E-state index contributed by atoms with van der Waals surface area (Å²) >= 11 is 0. The molecule has 0 aliphatic carbocycles. The predicted molar refractivity (Wildman–Crippen MR) is 129 cm³/mol. The van der Waals surface area contributed by atoms with Crippen molar-refractivity contribution in [2.24, 2.45) is 21.6 Å². The molecule has 2 atom stereocenters. The molecule has 0 saturated carbocycles. The maximum Gasteiger partial charge on any atom is 0.417 e. The quantitative estimate of drug-likeness (QED) is 0.211. The lowest BCUT2D eigenvalue weighted by Crippen LogP contribution is -2.48. The number of sulfonamides is 1. The van der Waals surface area contributed by atoms with E-state index in [9.17, 15) is 36.3 Å². The maximum atomic E-state index is 13.2. The molecule has 16 heteroatoms. The number of aliphatic imine (C=N–C) groups is 1. The van der Waals surface area contributed by atoms with Gasteiger partial charge in [0.1, 0.15) is 12.1 Å². The maximum absolute atomic E-state index is 13.2. The fourth-order valence-electron chi connectivity index (χ4n) is 3.45. The van der Waals surface area contributed by atoms with Gasteiger partial charge in [-0.25, -0.2) is 13.4 Å². The van der Waals surface area contributed by atoms with E-state index in [1.807, 2.05) is 0 Å². The van der Waals surface area contributed by atoms with Crippen molar-refractivity contribution in [3.63, 3.8) is 0 Å². The molecule has 2 aromatic rings. The van der Waals surface area contributed by atoms with Crippen molar-refractivity contribution < 1.29 is 41.1 Å². The normalized spacial score (nSPS) is 16.2. The number of carboxylic acid groups (broad SMARTS) is 1. The number of nitrogens with two attached hydrogens (primary N) is 2. The van der Waals surface area contributed by atoms with E-state index in [4.69, 9.17) is 16.3 Å². The first-order chi connectivity index (χ1) is 17.8. The first-order valence-electron chi connectivity index (χ1n) is 10.9. The largest absolute Gasteiger partial charge is 0.480 e. The van der Waals surface area contributed by atoms with Crippen LogP contribution >= 0.6 is 0 Å². The minimum Gasteiger partial charge on any atom is -0.480 e. The number of nitrogens with one attached hydrogen (secondary N) is 2. The molecule has 1 aliphatic rings. The van der Waals surface area contributed by atoms with E-state index >= 15 is 0 Å². The lowest BCUT2D eigenvalue weighted by atomic mass is 10.0. The molecule has 12 nitrogen and oxygen atoms in total. The first kappa shape index (κ1) is 28.4. The highest BCUT2D eigenvalue weighted by Crippen LogP contribution is 2.34. The van der Waals surface area contributed by atoms with Gasteiger partial charge in [-0.05, 0) is 29.8 Å². The van der Waals surface area contributed by atoms with Crippen molar-refractivity contribution in [2.75, 3.05) is 6.54 Å². The molecule has 1 amide bonds. The number of hydrogen-bond donors (Lipinski definition) is 5. The highest BCUT2D eigenvalue weighted by atomic mass is 32.2. The Labute approximate surface area is 214 Å². The molecule has 0 spiro atoms. The van der Waals surface area contributed by atoms with Crippen LogP contribution in [0, 0.1) is 0 Å². The molecular formula is C22H23F3N6O6S. The van der Waals surface area contributed by atoms with Gasteiger partial charge in [0.05, 0.1) is 28.3 Å². The molecule has 1 aliphatic heterocycles. The van der Waals surface area contributed by atoms with Crippen LogP contribution in [0.3, 0.4) is 0 Å². The molecule has 0 aromatic heterocycles. The van der Waals surface area contributed by atoms with Crippen LogP contribution in [0.15, 0.2) is 63.6 Å². The van der Waals surface area contributed by atoms with Gasteiger partial charge in [-0.3, -0.25) is 9.59 Å². The number of rotatable bonds is 10. The Bertz CT molecular complexity index is 1360. The van der Waals surface area contributed by atoms with E-state index in [1.165, 1.54) is 0 Å². The average Bonchev–Trinajstić information content (AvgIpc) is 3.29. The number of amides is 1. The Morgan fingerprint density at radius 2 is 1.82 bits per heavy atom. The second kappa shape index (κ2) is 11.5. The van der Waals surface area contributed by atoms with Gasteiger partial charge in [-0.1, -0.05) is 29.4 Å².